The van der Waals surface area contributed by atoms with E-state index in [1.54, 1.807) is 11.0 Å². The lowest BCUT2D eigenvalue weighted by molar-refractivity contribution is -0.138. The molecule has 17 heavy (non-hydrogen) atoms. The Labute approximate surface area is 98.6 Å². The van der Waals surface area contributed by atoms with E-state index in [0.29, 0.717) is 13.1 Å². The normalized spacial score (nSPS) is 15.4. The number of hydrogen-bond acceptors (Lipinski definition) is 3. The molecule has 0 aliphatic carbocycles. The van der Waals surface area contributed by atoms with Crippen molar-refractivity contribution in [3.63, 3.8) is 0 Å². The van der Waals surface area contributed by atoms with Gasteiger partial charge in [-0.3, -0.25) is 9.69 Å². The van der Waals surface area contributed by atoms with E-state index in [1.165, 1.54) is 13.2 Å². The average Bonchev–Trinajstić information content (AvgIpc) is 2.27. The van der Waals surface area contributed by atoms with Gasteiger partial charge >= 0.3 is 5.97 Å². The molecule has 92 valence electrons. The van der Waals surface area contributed by atoms with E-state index in [9.17, 15) is 9.18 Å². The topological polar surface area (TPSA) is 49.8 Å². The van der Waals surface area contributed by atoms with Gasteiger partial charge < -0.3 is 9.84 Å². The van der Waals surface area contributed by atoms with Crippen molar-refractivity contribution in [3.8, 4) is 5.75 Å². The quantitative estimate of drug-likeness (QED) is 0.863. The number of ether oxygens (including phenoxy) is 1. The van der Waals surface area contributed by atoms with Crippen LogP contribution in [0, 0.1) is 5.82 Å². The maximum absolute atomic E-state index is 13.5. The number of hydrogen-bond donors (Lipinski definition) is 1. The van der Waals surface area contributed by atoms with Crippen molar-refractivity contribution in [2.75, 3.05) is 20.2 Å². The summed E-state index contributed by atoms with van der Waals surface area (Å²) in [5, 5.41) is 8.71. The second-order valence-electron chi connectivity index (χ2n) is 4.11. The predicted molar refractivity (Wildman–Crippen MR) is 59.6 cm³/mol. The summed E-state index contributed by atoms with van der Waals surface area (Å²) < 4.78 is 18.4. The molecule has 1 aliphatic heterocycles. The fourth-order valence-electron chi connectivity index (χ4n) is 2.10. The fourth-order valence-corrected chi connectivity index (χ4v) is 2.10. The summed E-state index contributed by atoms with van der Waals surface area (Å²) in [5.74, 6) is -1.01. The standard InChI is InChI=1S/C12H14FNO3/c1-17-11-5-8-2-3-14(7-12(15)16)6-9(8)4-10(11)13/h4-5H,2-3,6-7H2,1H3,(H,15,16). The number of carboxylic acid groups (broad SMARTS) is 1. The largest absolute Gasteiger partial charge is 0.494 e. The Hall–Kier alpha value is -1.62. The first-order valence-corrected chi connectivity index (χ1v) is 5.39. The molecule has 1 heterocycles. The Morgan fingerprint density at radius 1 is 1.53 bits per heavy atom. The van der Waals surface area contributed by atoms with Crippen LogP contribution in [0.3, 0.4) is 0 Å². The summed E-state index contributed by atoms with van der Waals surface area (Å²) in [4.78, 5) is 12.4. The van der Waals surface area contributed by atoms with Gasteiger partial charge in [0.2, 0.25) is 0 Å². The molecule has 0 spiro atoms. The van der Waals surface area contributed by atoms with Gasteiger partial charge in [0.15, 0.2) is 11.6 Å². The van der Waals surface area contributed by atoms with Crippen LogP contribution in [0.2, 0.25) is 0 Å². The van der Waals surface area contributed by atoms with E-state index in [0.717, 1.165) is 17.5 Å². The van der Waals surface area contributed by atoms with E-state index in [4.69, 9.17) is 9.84 Å². The second kappa shape index (κ2) is 4.71. The molecule has 1 aliphatic rings. The molecule has 0 atom stereocenters. The minimum absolute atomic E-state index is 0.00686. The van der Waals surface area contributed by atoms with Crippen LogP contribution in [-0.2, 0) is 17.8 Å². The third-order valence-electron chi connectivity index (χ3n) is 2.92. The van der Waals surface area contributed by atoms with Gasteiger partial charge in [-0.15, -0.1) is 0 Å². The Morgan fingerprint density at radius 3 is 2.94 bits per heavy atom. The lowest BCUT2D eigenvalue weighted by Gasteiger charge is -2.27. The molecule has 0 radical (unpaired) electrons. The number of methoxy groups -OCH3 is 1. The van der Waals surface area contributed by atoms with Crippen molar-refractivity contribution in [1.82, 2.24) is 4.90 Å². The average molecular weight is 239 g/mol. The minimum atomic E-state index is -0.859. The molecule has 0 unspecified atom stereocenters. The van der Waals surface area contributed by atoms with E-state index in [1.807, 2.05) is 0 Å². The van der Waals surface area contributed by atoms with Crippen LogP contribution < -0.4 is 4.74 Å². The first-order valence-electron chi connectivity index (χ1n) is 5.39. The zero-order chi connectivity index (χ0) is 12.4. The number of aliphatic carboxylic acids is 1. The van der Waals surface area contributed by atoms with Crippen LogP contribution in [0.5, 0.6) is 5.75 Å². The van der Waals surface area contributed by atoms with E-state index in [-0.39, 0.29) is 12.3 Å². The fraction of sp³-hybridized carbons (Fsp3) is 0.417. The van der Waals surface area contributed by atoms with Crippen LogP contribution >= 0.6 is 0 Å². The van der Waals surface area contributed by atoms with Crippen LogP contribution in [-0.4, -0.2) is 36.2 Å². The number of benzene rings is 1. The molecule has 0 fully saturated rings. The van der Waals surface area contributed by atoms with Gasteiger partial charge in [-0.1, -0.05) is 0 Å². The summed E-state index contributed by atoms with van der Waals surface area (Å²) in [6.45, 7) is 1.14. The van der Waals surface area contributed by atoms with Gasteiger partial charge in [-0.2, -0.15) is 0 Å². The van der Waals surface area contributed by atoms with Gasteiger partial charge in [0.1, 0.15) is 0 Å². The number of halogens is 1. The SMILES string of the molecule is COc1cc2c(cc1F)CN(CC(=O)O)CC2. The van der Waals surface area contributed by atoms with Crippen LogP contribution in [0.1, 0.15) is 11.1 Å². The first kappa shape index (κ1) is 11.9. The number of carbonyl (C=O) groups is 1. The molecular formula is C12H14FNO3. The van der Waals surface area contributed by atoms with Crippen molar-refractivity contribution in [2.24, 2.45) is 0 Å². The van der Waals surface area contributed by atoms with Gasteiger partial charge in [0, 0.05) is 13.1 Å². The zero-order valence-electron chi connectivity index (χ0n) is 9.57. The molecule has 1 aromatic rings. The minimum Gasteiger partial charge on any atom is -0.494 e. The number of rotatable bonds is 3. The highest BCUT2D eigenvalue weighted by molar-refractivity contribution is 5.69. The van der Waals surface area contributed by atoms with E-state index in [2.05, 4.69) is 0 Å². The molecule has 2 rings (SSSR count). The van der Waals surface area contributed by atoms with Crippen LogP contribution in [0.4, 0.5) is 4.39 Å². The van der Waals surface area contributed by atoms with Gasteiger partial charge in [-0.25, -0.2) is 4.39 Å². The third kappa shape index (κ3) is 2.55. The second-order valence-corrected chi connectivity index (χ2v) is 4.11. The molecule has 1 aromatic carbocycles. The highest BCUT2D eigenvalue weighted by Crippen LogP contribution is 2.26. The van der Waals surface area contributed by atoms with Gasteiger partial charge in [-0.05, 0) is 29.7 Å². The van der Waals surface area contributed by atoms with Crippen molar-refractivity contribution >= 4 is 5.97 Å². The Morgan fingerprint density at radius 2 is 2.29 bits per heavy atom. The molecule has 0 bridgehead atoms. The van der Waals surface area contributed by atoms with E-state index >= 15 is 0 Å². The Kier molecular flexibility index (Phi) is 3.28. The van der Waals surface area contributed by atoms with E-state index < -0.39 is 11.8 Å². The zero-order valence-corrected chi connectivity index (χ0v) is 9.57. The lowest BCUT2D eigenvalue weighted by Crippen LogP contribution is -2.34. The molecule has 0 amide bonds. The van der Waals surface area contributed by atoms with Crippen molar-refractivity contribution in [3.05, 3.63) is 29.1 Å². The molecule has 0 saturated heterocycles. The molecule has 4 nitrogen and oxygen atoms in total. The number of carboxylic acids is 1. The van der Waals surface area contributed by atoms with Gasteiger partial charge in [0.05, 0.1) is 13.7 Å². The van der Waals surface area contributed by atoms with Crippen molar-refractivity contribution in [1.29, 1.82) is 0 Å². The number of nitrogens with zero attached hydrogens (tertiary/aromatic N) is 1. The third-order valence-corrected chi connectivity index (χ3v) is 2.92. The first-order chi connectivity index (χ1) is 8.10. The van der Waals surface area contributed by atoms with Gasteiger partial charge in [0.25, 0.3) is 0 Å². The molecule has 0 aromatic heterocycles. The van der Waals surface area contributed by atoms with Crippen molar-refractivity contribution < 1.29 is 19.0 Å². The highest BCUT2D eigenvalue weighted by Gasteiger charge is 2.20. The summed E-state index contributed by atoms with van der Waals surface area (Å²) in [5.41, 5.74) is 1.88. The monoisotopic (exact) mass is 239 g/mol. The van der Waals surface area contributed by atoms with Crippen molar-refractivity contribution in [2.45, 2.75) is 13.0 Å². The lowest BCUT2D eigenvalue weighted by atomic mass is 9.99. The Balaban J connectivity index is 2.21. The summed E-state index contributed by atoms with van der Waals surface area (Å²) in [6, 6.07) is 3.13. The highest BCUT2D eigenvalue weighted by atomic mass is 19.1. The molecule has 0 saturated carbocycles. The maximum atomic E-state index is 13.5. The molecule has 1 N–H and O–H groups in total. The van der Waals surface area contributed by atoms with Crippen LogP contribution in [0.15, 0.2) is 12.1 Å². The summed E-state index contributed by atoms with van der Waals surface area (Å²) in [6.07, 6.45) is 0.721. The summed E-state index contributed by atoms with van der Waals surface area (Å²) >= 11 is 0. The molecule has 5 heteroatoms. The van der Waals surface area contributed by atoms with Crippen LogP contribution in [0.25, 0.3) is 0 Å². The maximum Gasteiger partial charge on any atom is 0.317 e. The smallest absolute Gasteiger partial charge is 0.317 e. The predicted octanol–water partition coefficient (Wildman–Crippen LogP) is 1.28. The molecular weight excluding hydrogens is 225 g/mol. The summed E-state index contributed by atoms with van der Waals surface area (Å²) in [7, 11) is 1.43. The Bertz CT molecular complexity index is 448. The number of fused-ring (bicyclic) bond motifs is 1.